The largest absolute Gasteiger partial charge is 0.473 e. The second-order valence-corrected chi connectivity index (χ2v) is 11.2. The van der Waals surface area contributed by atoms with Crippen LogP contribution in [0.1, 0.15) is 70.0 Å². The monoisotopic (exact) mass is 543 g/mol. The van der Waals surface area contributed by atoms with Crippen molar-refractivity contribution in [1.82, 2.24) is 34.4 Å². The lowest BCUT2D eigenvalue weighted by molar-refractivity contribution is -0.117. The number of ether oxygens (including phenoxy) is 1. The number of nitrogens with one attached hydrogen (secondary N) is 1. The van der Waals surface area contributed by atoms with Crippen molar-refractivity contribution in [3.05, 3.63) is 48.4 Å². The van der Waals surface area contributed by atoms with Crippen LogP contribution in [0.4, 0.5) is 4.39 Å². The zero-order valence-corrected chi connectivity index (χ0v) is 21.8. The molecule has 1 aliphatic rings. The van der Waals surface area contributed by atoms with Crippen LogP contribution < -0.4 is 9.46 Å². The molecule has 1 aliphatic carbocycles. The van der Waals surface area contributed by atoms with Gasteiger partial charge in [-0.25, -0.2) is 27.5 Å². The number of benzene rings is 1. The molecule has 38 heavy (non-hydrogen) atoms. The van der Waals surface area contributed by atoms with Crippen molar-refractivity contribution in [1.29, 1.82) is 0 Å². The molecule has 1 saturated carbocycles. The van der Waals surface area contributed by atoms with E-state index in [0.717, 1.165) is 38.7 Å². The van der Waals surface area contributed by atoms with Crippen LogP contribution in [-0.2, 0) is 14.8 Å². The summed E-state index contributed by atoms with van der Waals surface area (Å²) in [4.78, 5) is 28.1. The van der Waals surface area contributed by atoms with Gasteiger partial charge in [-0.2, -0.15) is 9.97 Å². The van der Waals surface area contributed by atoms with Crippen LogP contribution >= 0.6 is 0 Å². The maximum absolute atomic E-state index is 15.0. The van der Waals surface area contributed by atoms with Crippen LogP contribution in [0.15, 0.2) is 40.3 Å². The van der Waals surface area contributed by atoms with Gasteiger partial charge in [0.2, 0.25) is 17.7 Å². The van der Waals surface area contributed by atoms with Crippen LogP contribution in [0.2, 0.25) is 0 Å². The Morgan fingerprint density at radius 2 is 1.95 bits per heavy atom. The Hall–Kier alpha value is -3.94. The van der Waals surface area contributed by atoms with Crippen LogP contribution in [0.5, 0.6) is 5.88 Å². The SMILES string of the molecule is CC(=O)NS(=O)(=O)c1ccc(-n2cnc3c(OC4CCC(c5nc(C(C)C)no5)CC4)ncnc32)c(F)c1. The lowest BCUT2D eigenvalue weighted by Crippen LogP contribution is -2.28. The molecule has 1 fully saturated rings. The fraction of sp³-hybridized carbons (Fsp3) is 0.417. The topological polar surface area (TPSA) is 155 Å². The highest BCUT2D eigenvalue weighted by molar-refractivity contribution is 7.90. The van der Waals surface area contributed by atoms with Gasteiger partial charge < -0.3 is 9.26 Å². The first-order chi connectivity index (χ1) is 18.1. The van der Waals surface area contributed by atoms with Crippen molar-refractivity contribution in [2.24, 2.45) is 0 Å². The molecule has 12 nitrogen and oxygen atoms in total. The smallest absolute Gasteiger partial charge is 0.264 e. The molecular formula is C24H26FN7O5S. The van der Waals surface area contributed by atoms with Gasteiger partial charge in [-0.15, -0.1) is 0 Å². The van der Waals surface area contributed by atoms with Crippen molar-refractivity contribution in [2.45, 2.75) is 69.3 Å². The van der Waals surface area contributed by atoms with Crippen LogP contribution in [0.25, 0.3) is 16.9 Å². The number of carbonyl (C=O) groups is 1. The van der Waals surface area contributed by atoms with E-state index in [0.29, 0.717) is 22.9 Å². The Morgan fingerprint density at radius 3 is 2.61 bits per heavy atom. The number of imidazole rings is 1. The first kappa shape index (κ1) is 25.7. The molecule has 1 amide bonds. The summed E-state index contributed by atoms with van der Waals surface area (Å²) >= 11 is 0. The lowest BCUT2D eigenvalue weighted by atomic mass is 9.87. The van der Waals surface area contributed by atoms with Crippen LogP contribution in [-0.4, -0.2) is 50.1 Å². The highest BCUT2D eigenvalue weighted by atomic mass is 32.2. The van der Waals surface area contributed by atoms with Crippen molar-refractivity contribution in [3.8, 4) is 11.6 Å². The van der Waals surface area contributed by atoms with Gasteiger partial charge in [-0.1, -0.05) is 19.0 Å². The van der Waals surface area contributed by atoms with Gasteiger partial charge in [-0.05, 0) is 43.9 Å². The number of hydrogen-bond acceptors (Lipinski definition) is 10. The summed E-state index contributed by atoms with van der Waals surface area (Å²) in [6.45, 7) is 5.09. The molecule has 4 aromatic rings. The number of sulfonamides is 1. The lowest BCUT2D eigenvalue weighted by Gasteiger charge is -2.26. The van der Waals surface area contributed by atoms with Crippen LogP contribution in [0.3, 0.4) is 0 Å². The number of hydrogen-bond donors (Lipinski definition) is 1. The van der Waals surface area contributed by atoms with E-state index in [1.165, 1.54) is 29.4 Å². The summed E-state index contributed by atoms with van der Waals surface area (Å²) in [6, 6.07) is 3.30. The molecule has 0 unspecified atom stereocenters. The quantitative estimate of drug-likeness (QED) is 0.367. The van der Waals surface area contributed by atoms with E-state index < -0.39 is 21.7 Å². The summed E-state index contributed by atoms with van der Waals surface area (Å²) in [5.41, 5.74) is 0.675. The summed E-state index contributed by atoms with van der Waals surface area (Å²) in [5, 5.41) is 4.06. The van der Waals surface area contributed by atoms with Gasteiger partial charge in [0.1, 0.15) is 24.6 Å². The first-order valence-corrected chi connectivity index (χ1v) is 13.6. The number of rotatable bonds is 7. The van der Waals surface area contributed by atoms with E-state index in [1.54, 1.807) is 0 Å². The Balaban J connectivity index is 1.32. The number of aromatic nitrogens is 6. The van der Waals surface area contributed by atoms with E-state index in [4.69, 9.17) is 9.26 Å². The third kappa shape index (κ3) is 5.08. The minimum absolute atomic E-state index is 0.0276. The Morgan fingerprint density at radius 1 is 1.18 bits per heavy atom. The molecule has 0 atom stereocenters. The highest BCUT2D eigenvalue weighted by Gasteiger charge is 2.29. The van der Waals surface area contributed by atoms with Gasteiger partial charge in [-0.3, -0.25) is 9.36 Å². The second-order valence-electron chi connectivity index (χ2n) is 9.48. The average Bonchev–Trinajstić information content (AvgIpc) is 3.52. The van der Waals surface area contributed by atoms with Crippen molar-refractivity contribution < 1.29 is 26.9 Å². The van der Waals surface area contributed by atoms with E-state index in [-0.39, 0.29) is 34.4 Å². The molecule has 0 spiro atoms. The molecule has 0 radical (unpaired) electrons. The van der Waals surface area contributed by atoms with Crippen molar-refractivity contribution in [3.63, 3.8) is 0 Å². The molecule has 0 saturated heterocycles. The molecule has 3 heterocycles. The maximum Gasteiger partial charge on any atom is 0.264 e. The maximum atomic E-state index is 15.0. The van der Waals surface area contributed by atoms with Gasteiger partial charge in [0.05, 0.1) is 10.6 Å². The first-order valence-electron chi connectivity index (χ1n) is 12.1. The zero-order chi connectivity index (χ0) is 27.0. The number of carbonyl (C=O) groups excluding carboxylic acids is 1. The third-order valence-corrected chi connectivity index (χ3v) is 7.77. The summed E-state index contributed by atoms with van der Waals surface area (Å²) in [7, 11) is -4.18. The zero-order valence-electron chi connectivity index (χ0n) is 21.0. The molecule has 3 aromatic heterocycles. The van der Waals surface area contributed by atoms with Gasteiger partial charge in [0.15, 0.2) is 17.0 Å². The number of halogens is 1. The van der Waals surface area contributed by atoms with Crippen LogP contribution in [0, 0.1) is 5.82 Å². The number of amides is 1. The molecule has 0 aliphatic heterocycles. The Bertz CT molecular complexity index is 1590. The molecular weight excluding hydrogens is 517 g/mol. The third-order valence-electron chi connectivity index (χ3n) is 6.34. The normalized spacial score (nSPS) is 18.1. The Kier molecular flexibility index (Phi) is 6.82. The Labute approximate surface area is 217 Å². The van der Waals surface area contributed by atoms with E-state index in [9.17, 15) is 17.6 Å². The van der Waals surface area contributed by atoms with Crippen molar-refractivity contribution in [2.75, 3.05) is 0 Å². The predicted molar refractivity (Wildman–Crippen MR) is 132 cm³/mol. The molecule has 1 aromatic carbocycles. The van der Waals surface area contributed by atoms with E-state index in [2.05, 4.69) is 25.1 Å². The summed E-state index contributed by atoms with van der Waals surface area (Å²) in [5.74, 6) is 0.420. The minimum atomic E-state index is -4.18. The molecule has 5 rings (SSSR count). The van der Waals surface area contributed by atoms with Gasteiger partial charge >= 0.3 is 0 Å². The highest BCUT2D eigenvalue weighted by Crippen LogP contribution is 2.35. The molecule has 14 heteroatoms. The second kappa shape index (κ2) is 10.1. The fourth-order valence-corrected chi connectivity index (χ4v) is 5.41. The van der Waals surface area contributed by atoms with E-state index in [1.807, 2.05) is 18.6 Å². The minimum Gasteiger partial charge on any atom is -0.473 e. The standard InChI is InChI=1S/C24H26FN7O5S/c1-13(2)21-29-23(37-30-21)15-4-6-16(7-5-15)36-24-20-22(26-11-27-24)32(12-28-20)19-9-8-17(10-18(19)25)38(34,35)31-14(3)33/h8-13,15-16H,4-7H2,1-3H3,(H,31,33). The number of fused-ring (bicyclic) bond motifs is 1. The molecule has 200 valence electrons. The summed E-state index contributed by atoms with van der Waals surface area (Å²) in [6.07, 6.45) is 5.74. The predicted octanol–water partition coefficient (Wildman–Crippen LogP) is 3.39. The van der Waals surface area contributed by atoms with E-state index >= 15 is 0 Å². The van der Waals surface area contributed by atoms with Gasteiger partial charge in [0, 0.05) is 18.8 Å². The van der Waals surface area contributed by atoms with Gasteiger partial charge in [0.25, 0.3) is 10.0 Å². The summed E-state index contributed by atoms with van der Waals surface area (Å²) < 4.78 is 54.2. The number of nitrogens with zero attached hydrogens (tertiary/aromatic N) is 6. The molecule has 0 bridgehead atoms. The average molecular weight is 544 g/mol. The van der Waals surface area contributed by atoms with Crippen molar-refractivity contribution >= 4 is 27.1 Å². The fourth-order valence-electron chi connectivity index (χ4n) is 4.41. The molecule has 1 N–H and O–H groups in total.